The van der Waals surface area contributed by atoms with E-state index < -0.39 is 16.0 Å². The van der Waals surface area contributed by atoms with Crippen molar-refractivity contribution in [3.8, 4) is 10.8 Å². The first-order chi connectivity index (χ1) is 12.9. The van der Waals surface area contributed by atoms with Gasteiger partial charge < -0.3 is 9.15 Å². The molecule has 3 aromatic rings. The highest BCUT2D eigenvalue weighted by molar-refractivity contribution is 7.89. The Labute approximate surface area is 160 Å². The number of hydrogen-bond donors (Lipinski definition) is 0. The van der Waals surface area contributed by atoms with Gasteiger partial charge in [-0.2, -0.15) is 0 Å². The lowest BCUT2D eigenvalue weighted by Gasteiger charge is -2.14. The summed E-state index contributed by atoms with van der Waals surface area (Å²) in [5, 5.41) is 1.90. The van der Waals surface area contributed by atoms with Crippen LogP contribution in [0, 0.1) is 0 Å². The zero-order valence-electron chi connectivity index (χ0n) is 14.5. The lowest BCUT2D eigenvalue weighted by molar-refractivity contribution is -0.0258. The topological polar surface area (TPSA) is 98.9 Å². The molecule has 0 N–H and O–H groups in total. The van der Waals surface area contributed by atoms with Crippen molar-refractivity contribution in [1.82, 2.24) is 9.45 Å². The molecule has 0 saturated carbocycles. The molecule has 27 heavy (non-hydrogen) atoms. The molecule has 142 valence electrons. The van der Waals surface area contributed by atoms with Crippen LogP contribution in [0.3, 0.4) is 0 Å². The third-order valence-electron chi connectivity index (χ3n) is 3.60. The molecule has 0 spiro atoms. The van der Waals surface area contributed by atoms with Gasteiger partial charge in [-0.15, -0.1) is 11.3 Å². The van der Waals surface area contributed by atoms with E-state index in [1.807, 2.05) is 17.5 Å². The van der Waals surface area contributed by atoms with Crippen LogP contribution in [0.5, 0.6) is 0 Å². The van der Waals surface area contributed by atoms with Crippen LogP contribution in [-0.2, 0) is 26.2 Å². The Bertz CT molecular complexity index is 1030. The van der Waals surface area contributed by atoms with Gasteiger partial charge >= 0.3 is 5.97 Å². The van der Waals surface area contributed by atoms with Crippen LogP contribution in [-0.4, -0.2) is 38.0 Å². The van der Waals surface area contributed by atoms with E-state index in [2.05, 4.69) is 4.98 Å². The largest absolute Gasteiger partial charge is 0.455 e. The van der Waals surface area contributed by atoms with E-state index in [1.54, 1.807) is 0 Å². The van der Waals surface area contributed by atoms with Gasteiger partial charge in [0.05, 0.1) is 22.4 Å². The molecule has 3 rings (SSSR count). The van der Waals surface area contributed by atoms with Crippen LogP contribution < -0.4 is 0 Å². The summed E-state index contributed by atoms with van der Waals surface area (Å²) in [5.41, 5.74) is 0.553. The highest BCUT2D eigenvalue weighted by Gasteiger charge is 2.22. The number of sulfonamides is 1. The van der Waals surface area contributed by atoms with Crippen molar-refractivity contribution < 1.29 is 27.2 Å². The summed E-state index contributed by atoms with van der Waals surface area (Å²) in [7, 11) is -1.36. The van der Waals surface area contributed by atoms with Crippen molar-refractivity contribution in [1.29, 1.82) is 0 Å². The second-order valence-corrected chi connectivity index (χ2v) is 8.21. The number of carbonyl (C=O) groups is 1. The van der Waals surface area contributed by atoms with E-state index >= 15 is 0 Å². The minimum Gasteiger partial charge on any atom is -0.455 e. The van der Waals surface area contributed by atoms with Crippen molar-refractivity contribution in [3.63, 3.8) is 0 Å². The molecule has 0 fully saturated rings. The number of carbonyl (C=O) groups excluding carboxylic acids is 1. The van der Waals surface area contributed by atoms with Crippen molar-refractivity contribution in [2.75, 3.05) is 14.2 Å². The molecule has 2 heterocycles. The molecule has 2 aromatic heterocycles. The first kappa shape index (κ1) is 19.2. The fraction of sp³-hybridized carbons (Fsp3) is 0.176. The van der Waals surface area contributed by atoms with Gasteiger partial charge in [0.15, 0.2) is 0 Å². The summed E-state index contributed by atoms with van der Waals surface area (Å²) in [6.07, 6.45) is 1.41. The standard InChI is InChI=1S/C17H16N2O6S2/c1-19(23-2)27(21,22)14-6-3-5-12(9-14)17(20)25-11-13-10-24-16(18-13)15-7-4-8-26-15/h3-10H,11H2,1-2H3. The lowest BCUT2D eigenvalue weighted by atomic mass is 10.2. The number of rotatable bonds is 7. The SMILES string of the molecule is CON(C)S(=O)(=O)c1cccc(C(=O)OCc2coc(-c3cccs3)n2)c1. The van der Waals surface area contributed by atoms with E-state index in [0.717, 1.165) is 4.88 Å². The van der Waals surface area contributed by atoms with E-state index in [0.29, 0.717) is 16.1 Å². The molecule has 0 aliphatic heterocycles. The quantitative estimate of drug-likeness (QED) is 0.438. The molecule has 0 amide bonds. The maximum atomic E-state index is 12.3. The van der Waals surface area contributed by atoms with E-state index in [-0.39, 0.29) is 17.1 Å². The fourth-order valence-corrected chi connectivity index (χ4v) is 3.81. The maximum Gasteiger partial charge on any atom is 0.338 e. The third-order valence-corrected chi connectivity index (χ3v) is 6.13. The molecule has 0 unspecified atom stereocenters. The van der Waals surface area contributed by atoms with Crippen molar-refractivity contribution in [2.24, 2.45) is 0 Å². The van der Waals surface area contributed by atoms with E-state index in [9.17, 15) is 13.2 Å². The average molecular weight is 408 g/mol. The molecule has 0 aliphatic carbocycles. The summed E-state index contributed by atoms with van der Waals surface area (Å²) < 4.78 is 35.8. The molecular weight excluding hydrogens is 392 g/mol. The predicted octanol–water partition coefficient (Wildman–Crippen LogP) is 2.94. The molecule has 0 saturated heterocycles. The van der Waals surface area contributed by atoms with Gasteiger partial charge in [0.25, 0.3) is 10.0 Å². The number of oxazole rings is 1. The first-order valence-corrected chi connectivity index (χ1v) is 10.0. The van der Waals surface area contributed by atoms with Gasteiger partial charge in [0, 0.05) is 7.05 Å². The highest BCUT2D eigenvalue weighted by atomic mass is 32.2. The molecule has 0 aliphatic rings. The number of nitrogens with zero attached hydrogens (tertiary/aromatic N) is 2. The lowest BCUT2D eigenvalue weighted by Crippen LogP contribution is -2.25. The number of hydroxylamine groups is 1. The predicted molar refractivity (Wildman–Crippen MR) is 97.3 cm³/mol. The Morgan fingerprint density at radius 1 is 1.30 bits per heavy atom. The molecular formula is C17H16N2O6S2. The molecule has 8 nitrogen and oxygen atoms in total. The fourth-order valence-electron chi connectivity index (χ4n) is 2.14. The summed E-state index contributed by atoms with van der Waals surface area (Å²) in [5.74, 6) is -0.223. The Balaban J connectivity index is 1.69. The van der Waals surface area contributed by atoms with Crippen LogP contribution in [0.25, 0.3) is 10.8 Å². The molecule has 0 atom stereocenters. The van der Waals surface area contributed by atoms with Gasteiger partial charge in [0.2, 0.25) is 5.89 Å². The zero-order valence-corrected chi connectivity index (χ0v) is 16.1. The van der Waals surface area contributed by atoms with Gasteiger partial charge in [-0.3, -0.25) is 4.84 Å². The van der Waals surface area contributed by atoms with E-state index in [1.165, 1.54) is 56.0 Å². The minimum atomic E-state index is -3.86. The van der Waals surface area contributed by atoms with Crippen LogP contribution in [0.4, 0.5) is 0 Å². The number of aromatic nitrogens is 1. The molecule has 1 aromatic carbocycles. The Morgan fingerprint density at radius 2 is 2.11 bits per heavy atom. The third kappa shape index (κ3) is 4.25. The Morgan fingerprint density at radius 3 is 2.81 bits per heavy atom. The van der Waals surface area contributed by atoms with Crippen LogP contribution in [0.15, 0.2) is 57.4 Å². The van der Waals surface area contributed by atoms with Crippen LogP contribution in [0.1, 0.15) is 16.1 Å². The second-order valence-electron chi connectivity index (χ2n) is 5.32. The van der Waals surface area contributed by atoms with Crippen LogP contribution >= 0.6 is 11.3 Å². The summed E-state index contributed by atoms with van der Waals surface area (Å²) in [6, 6.07) is 9.27. The van der Waals surface area contributed by atoms with Gasteiger partial charge in [-0.1, -0.05) is 16.6 Å². The molecule has 0 radical (unpaired) electrons. The summed E-state index contributed by atoms with van der Waals surface area (Å²) in [6.45, 7) is -0.0946. The van der Waals surface area contributed by atoms with Crippen LogP contribution in [0.2, 0.25) is 0 Å². The van der Waals surface area contributed by atoms with Crippen molar-refractivity contribution in [3.05, 3.63) is 59.3 Å². The Kier molecular flexibility index (Phi) is 5.71. The summed E-state index contributed by atoms with van der Waals surface area (Å²) >= 11 is 1.48. The van der Waals surface area contributed by atoms with E-state index in [4.69, 9.17) is 14.0 Å². The number of esters is 1. The number of thiophene rings is 1. The molecule has 0 bridgehead atoms. The maximum absolute atomic E-state index is 12.3. The summed E-state index contributed by atoms with van der Waals surface area (Å²) in [4.78, 5) is 22.0. The van der Waals surface area contributed by atoms with Crippen molar-refractivity contribution >= 4 is 27.3 Å². The minimum absolute atomic E-state index is 0.0808. The monoisotopic (exact) mass is 408 g/mol. The highest BCUT2D eigenvalue weighted by Crippen LogP contribution is 2.24. The number of hydrogen-bond acceptors (Lipinski definition) is 8. The Hall–Kier alpha value is -2.53. The number of benzene rings is 1. The number of ether oxygens (including phenoxy) is 1. The van der Waals surface area contributed by atoms with Gasteiger partial charge in [-0.25, -0.2) is 18.2 Å². The average Bonchev–Trinajstić information content (AvgIpc) is 3.37. The molecule has 10 heteroatoms. The van der Waals surface area contributed by atoms with Gasteiger partial charge in [0.1, 0.15) is 18.6 Å². The van der Waals surface area contributed by atoms with Crippen molar-refractivity contribution in [2.45, 2.75) is 11.5 Å². The zero-order chi connectivity index (χ0) is 19.4. The second kappa shape index (κ2) is 8.01. The normalized spacial score (nSPS) is 11.7. The first-order valence-electron chi connectivity index (χ1n) is 7.70. The van der Waals surface area contributed by atoms with Gasteiger partial charge in [-0.05, 0) is 29.6 Å². The smallest absolute Gasteiger partial charge is 0.338 e.